The molecule has 0 unspecified atom stereocenters. The Labute approximate surface area is 202 Å². The molecule has 5 nitrogen and oxygen atoms in total. The summed E-state index contributed by atoms with van der Waals surface area (Å²) in [4.78, 5) is 23.2. The Kier molecular flexibility index (Phi) is 5.37. The number of hydrogen-bond donors (Lipinski definition) is 0. The molecule has 158 valence electrons. The van der Waals surface area contributed by atoms with Crippen molar-refractivity contribution in [2.24, 2.45) is 0 Å². The monoisotopic (exact) mass is 524 g/mol. The summed E-state index contributed by atoms with van der Waals surface area (Å²) < 4.78 is 4.31. The van der Waals surface area contributed by atoms with Crippen LogP contribution in [0.5, 0.6) is 0 Å². The molecule has 0 saturated carbocycles. The Hall–Kier alpha value is -2.93. The van der Waals surface area contributed by atoms with E-state index >= 15 is 0 Å². The minimum Gasteiger partial charge on any atom is -0.281 e. The largest absolute Gasteiger partial charge is 0.286 e. The van der Waals surface area contributed by atoms with Crippen LogP contribution in [0.4, 0.5) is 0 Å². The lowest BCUT2D eigenvalue weighted by Gasteiger charge is -2.15. The summed E-state index contributed by atoms with van der Waals surface area (Å²) >= 11 is 16.1. The SMILES string of the molecule is Cc1nc2c(=O)n(-c3ccc(Br)cc3)c(-c3ccc(Cl)cc3Cl)nc2n1-c1ccccc1. The number of halogens is 3. The van der Waals surface area contributed by atoms with Crippen molar-refractivity contribution in [1.82, 2.24) is 19.1 Å². The second-order valence-electron chi connectivity index (χ2n) is 7.18. The van der Waals surface area contributed by atoms with Crippen LogP contribution in [0.15, 0.2) is 82.1 Å². The first-order chi connectivity index (χ1) is 15.4. The van der Waals surface area contributed by atoms with Gasteiger partial charge in [-0.1, -0.05) is 57.3 Å². The van der Waals surface area contributed by atoms with E-state index in [4.69, 9.17) is 28.2 Å². The van der Waals surface area contributed by atoms with Gasteiger partial charge >= 0.3 is 0 Å². The van der Waals surface area contributed by atoms with Crippen LogP contribution in [0.2, 0.25) is 10.0 Å². The Morgan fingerprint density at radius 1 is 0.844 bits per heavy atom. The third kappa shape index (κ3) is 3.54. The smallest absolute Gasteiger partial charge is 0.281 e. The molecular weight excluding hydrogens is 511 g/mol. The molecule has 5 aromatic rings. The van der Waals surface area contributed by atoms with Crippen LogP contribution in [-0.2, 0) is 0 Å². The van der Waals surface area contributed by atoms with E-state index in [0.717, 1.165) is 10.2 Å². The van der Waals surface area contributed by atoms with Crippen LogP contribution < -0.4 is 5.56 Å². The Morgan fingerprint density at radius 2 is 1.53 bits per heavy atom. The van der Waals surface area contributed by atoms with Gasteiger partial charge in [-0.2, -0.15) is 0 Å². The zero-order valence-corrected chi connectivity index (χ0v) is 19.9. The number of rotatable bonds is 3. The van der Waals surface area contributed by atoms with Gasteiger partial charge in [-0.05, 0) is 61.5 Å². The van der Waals surface area contributed by atoms with Gasteiger partial charge in [0.25, 0.3) is 5.56 Å². The van der Waals surface area contributed by atoms with Crippen molar-refractivity contribution in [1.29, 1.82) is 0 Å². The standard InChI is InChI=1S/C24H15BrCl2N4O/c1-14-28-21-23(30(14)17-5-3-2-4-6-17)29-22(19-12-9-16(26)13-20(19)27)31(24(21)32)18-10-7-15(25)8-11-18/h2-13H,1H3. The molecule has 0 atom stereocenters. The number of hydrogen-bond acceptors (Lipinski definition) is 3. The predicted molar refractivity (Wildman–Crippen MR) is 132 cm³/mol. The van der Waals surface area contributed by atoms with Crippen LogP contribution >= 0.6 is 39.1 Å². The van der Waals surface area contributed by atoms with Gasteiger partial charge in [-0.3, -0.25) is 13.9 Å². The van der Waals surface area contributed by atoms with Crippen molar-refractivity contribution in [3.8, 4) is 22.8 Å². The van der Waals surface area contributed by atoms with Crippen LogP contribution in [0, 0.1) is 6.92 Å². The van der Waals surface area contributed by atoms with Gasteiger partial charge < -0.3 is 0 Å². The van der Waals surface area contributed by atoms with Crippen molar-refractivity contribution in [3.05, 3.63) is 103 Å². The molecule has 2 aromatic heterocycles. The van der Waals surface area contributed by atoms with Crippen molar-refractivity contribution in [2.45, 2.75) is 6.92 Å². The fourth-order valence-electron chi connectivity index (χ4n) is 3.69. The average Bonchev–Trinajstić information content (AvgIpc) is 3.11. The summed E-state index contributed by atoms with van der Waals surface area (Å²) in [7, 11) is 0. The molecule has 3 aromatic carbocycles. The molecule has 0 saturated heterocycles. The summed E-state index contributed by atoms with van der Waals surface area (Å²) in [5.74, 6) is 1.07. The Morgan fingerprint density at radius 3 is 2.22 bits per heavy atom. The third-order valence-electron chi connectivity index (χ3n) is 5.12. The molecule has 0 bridgehead atoms. The van der Waals surface area contributed by atoms with Gasteiger partial charge in [0.05, 0.1) is 10.7 Å². The first-order valence-electron chi connectivity index (χ1n) is 9.73. The fraction of sp³-hybridized carbons (Fsp3) is 0.0417. The molecule has 0 aliphatic carbocycles. The highest BCUT2D eigenvalue weighted by Gasteiger charge is 2.22. The van der Waals surface area contributed by atoms with E-state index in [1.54, 1.807) is 18.2 Å². The number of aryl methyl sites for hydroxylation is 1. The molecule has 0 spiro atoms. The van der Waals surface area contributed by atoms with Crippen molar-refractivity contribution in [3.63, 3.8) is 0 Å². The molecule has 32 heavy (non-hydrogen) atoms. The van der Waals surface area contributed by atoms with Gasteiger partial charge in [0.1, 0.15) is 5.82 Å². The van der Waals surface area contributed by atoms with E-state index in [0.29, 0.717) is 38.6 Å². The predicted octanol–water partition coefficient (Wildman–Crippen LogP) is 6.62. The van der Waals surface area contributed by atoms with Gasteiger partial charge in [0.15, 0.2) is 17.0 Å². The minimum absolute atomic E-state index is 0.281. The van der Waals surface area contributed by atoms with Gasteiger partial charge in [-0.25, -0.2) is 9.97 Å². The maximum absolute atomic E-state index is 13.7. The summed E-state index contributed by atoms with van der Waals surface area (Å²) in [6, 6.07) is 22.2. The lowest BCUT2D eigenvalue weighted by molar-refractivity contribution is 0.955. The van der Waals surface area contributed by atoms with Crippen LogP contribution in [0.25, 0.3) is 33.9 Å². The second-order valence-corrected chi connectivity index (χ2v) is 8.94. The maximum Gasteiger partial charge on any atom is 0.286 e. The topological polar surface area (TPSA) is 52.7 Å². The quantitative estimate of drug-likeness (QED) is 0.266. The minimum atomic E-state index is -0.281. The summed E-state index contributed by atoms with van der Waals surface area (Å²) in [6.45, 7) is 1.85. The number of aromatic nitrogens is 4. The second kappa shape index (κ2) is 8.20. The molecule has 0 amide bonds. The molecule has 8 heteroatoms. The molecule has 0 N–H and O–H groups in total. The number of para-hydroxylation sites is 1. The molecular formula is C24H15BrCl2N4O. The molecule has 5 rings (SSSR count). The van der Waals surface area contributed by atoms with E-state index in [-0.39, 0.29) is 11.1 Å². The molecule has 0 aliphatic rings. The zero-order chi connectivity index (χ0) is 22.4. The fourth-order valence-corrected chi connectivity index (χ4v) is 4.44. The number of fused-ring (bicyclic) bond motifs is 1. The molecule has 0 fully saturated rings. The van der Waals surface area contributed by atoms with Crippen molar-refractivity contribution in [2.75, 3.05) is 0 Å². The highest BCUT2D eigenvalue weighted by molar-refractivity contribution is 9.10. The summed E-state index contributed by atoms with van der Waals surface area (Å²) in [6.07, 6.45) is 0. The number of benzene rings is 3. The lowest BCUT2D eigenvalue weighted by Crippen LogP contribution is -2.22. The first kappa shape index (κ1) is 20.9. The van der Waals surface area contributed by atoms with E-state index in [2.05, 4.69) is 20.9 Å². The average molecular weight is 526 g/mol. The summed E-state index contributed by atoms with van der Waals surface area (Å²) in [5, 5.41) is 0.902. The normalized spacial score (nSPS) is 11.2. The Balaban J connectivity index is 1.91. The van der Waals surface area contributed by atoms with E-state index in [1.165, 1.54) is 4.57 Å². The van der Waals surface area contributed by atoms with E-state index in [1.807, 2.05) is 66.1 Å². The summed E-state index contributed by atoms with van der Waals surface area (Å²) in [5.41, 5.74) is 2.58. The van der Waals surface area contributed by atoms with Crippen LogP contribution in [0.1, 0.15) is 5.82 Å². The van der Waals surface area contributed by atoms with Gasteiger partial charge in [-0.15, -0.1) is 0 Å². The van der Waals surface area contributed by atoms with Gasteiger partial charge in [0.2, 0.25) is 0 Å². The van der Waals surface area contributed by atoms with E-state index in [9.17, 15) is 4.79 Å². The number of imidazole rings is 1. The first-order valence-corrected chi connectivity index (χ1v) is 11.3. The highest BCUT2D eigenvalue weighted by Crippen LogP contribution is 2.31. The maximum atomic E-state index is 13.7. The van der Waals surface area contributed by atoms with Crippen molar-refractivity contribution >= 4 is 50.3 Å². The zero-order valence-electron chi connectivity index (χ0n) is 16.8. The molecule has 2 heterocycles. The molecule has 0 aliphatic heterocycles. The van der Waals surface area contributed by atoms with Crippen LogP contribution in [0.3, 0.4) is 0 Å². The molecule has 0 radical (unpaired) electrons. The lowest BCUT2D eigenvalue weighted by atomic mass is 10.2. The van der Waals surface area contributed by atoms with Gasteiger partial charge in [0, 0.05) is 20.7 Å². The Bertz CT molecular complexity index is 1530. The van der Waals surface area contributed by atoms with E-state index < -0.39 is 0 Å². The third-order valence-corrected chi connectivity index (χ3v) is 6.20. The van der Waals surface area contributed by atoms with Crippen LogP contribution in [-0.4, -0.2) is 19.1 Å². The highest BCUT2D eigenvalue weighted by atomic mass is 79.9. The van der Waals surface area contributed by atoms with Crippen molar-refractivity contribution < 1.29 is 0 Å². The number of nitrogens with zero attached hydrogens (tertiary/aromatic N) is 4.